The van der Waals surface area contributed by atoms with Crippen LogP contribution < -0.4 is 0 Å². The van der Waals surface area contributed by atoms with Gasteiger partial charge in [0.15, 0.2) is 5.60 Å². The van der Waals surface area contributed by atoms with Crippen LogP contribution in [0.4, 0.5) is 0 Å². The SMILES string of the molecule is CC(C)CC(=O)N1CC2(C1)OC(=O)c1ccccc12. The Morgan fingerprint density at radius 2 is 2.05 bits per heavy atom. The molecule has 0 bridgehead atoms. The molecule has 0 atom stereocenters. The Kier molecular flexibility index (Phi) is 2.62. The third kappa shape index (κ3) is 1.82. The van der Waals surface area contributed by atoms with Crippen molar-refractivity contribution in [1.29, 1.82) is 0 Å². The van der Waals surface area contributed by atoms with Gasteiger partial charge in [-0.25, -0.2) is 4.79 Å². The summed E-state index contributed by atoms with van der Waals surface area (Å²) in [6.07, 6.45) is 0.547. The van der Waals surface area contributed by atoms with Gasteiger partial charge in [0.1, 0.15) is 0 Å². The number of carbonyl (C=O) groups excluding carboxylic acids is 2. The lowest BCUT2D eigenvalue weighted by Gasteiger charge is -2.46. The van der Waals surface area contributed by atoms with Gasteiger partial charge in [0.05, 0.1) is 18.7 Å². The van der Waals surface area contributed by atoms with Crippen LogP contribution >= 0.6 is 0 Å². The van der Waals surface area contributed by atoms with Crippen LogP contribution in [0.3, 0.4) is 0 Å². The molecule has 2 heterocycles. The van der Waals surface area contributed by atoms with E-state index in [1.807, 2.05) is 32.0 Å². The van der Waals surface area contributed by atoms with Crippen molar-refractivity contribution < 1.29 is 14.3 Å². The van der Waals surface area contributed by atoms with Crippen LogP contribution in [0, 0.1) is 5.92 Å². The van der Waals surface area contributed by atoms with E-state index in [0.29, 0.717) is 31.0 Å². The van der Waals surface area contributed by atoms with E-state index < -0.39 is 5.60 Å². The van der Waals surface area contributed by atoms with Gasteiger partial charge in [0.2, 0.25) is 5.91 Å². The molecule has 0 saturated carbocycles. The number of ether oxygens (including phenoxy) is 1. The fourth-order valence-corrected chi connectivity index (χ4v) is 2.81. The summed E-state index contributed by atoms with van der Waals surface area (Å²) < 4.78 is 5.51. The lowest BCUT2D eigenvalue weighted by Crippen LogP contribution is -2.61. The molecule has 19 heavy (non-hydrogen) atoms. The van der Waals surface area contributed by atoms with Crippen molar-refractivity contribution >= 4 is 11.9 Å². The number of rotatable bonds is 2. The van der Waals surface area contributed by atoms with E-state index in [4.69, 9.17) is 4.74 Å². The van der Waals surface area contributed by atoms with E-state index in [1.54, 1.807) is 11.0 Å². The van der Waals surface area contributed by atoms with Crippen molar-refractivity contribution in [3.8, 4) is 0 Å². The van der Waals surface area contributed by atoms with Crippen molar-refractivity contribution in [3.05, 3.63) is 35.4 Å². The Morgan fingerprint density at radius 1 is 1.37 bits per heavy atom. The second kappa shape index (κ2) is 4.08. The second-order valence-corrected chi connectivity index (χ2v) is 5.78. The van der Waals surface area contributed by atoms with E-state index in [2.05, 4.69) is 0 Å². The fraction of sp³-hybridized carbons (Fsp3) is 0.467. The number of carbonyl (C=O) groups is 2. The highest BCUT2D eigenvalue weighted by atomic mass is 16.6. The summed E-state index contributed by atoms with van der Waals surface area (Å²) >= 11 is 0. The number of likely N-dealkylation sites (tertiary alicyclic amines) is 1. The van der Waals surface area contributed by atoms with Crippen LogP contribution in [-0.2, 0) is 15.1 Å². The van der Waals surface area contributed by atoms with Crippen molar-refractivity contribution in [3.63, 3.8) is 0 Å². The normalized spacial score (nSPS) is 19.3. The molecule has 1 saturated heterocycles. The molecule has 1 amide bonds. The largest absolute Gasteiger partial charge is 0.447 e. The molecule has 1 aromatic rings. The molecule has 100 valence electrons. The molecule has 0 unspecified atom stereocenters. The molecule has 2 aliphatic rings. The van der Waals surface area contributed by atoms with Gasteiger partial charge in [-0.1, -0.05) is 32.0 Å². The second-order valence-electron chi connectivity index (χ2n) is 5.78. The number of fused-ring (bicyclic) bond motifs is 2. The Labute approximate surface area is 112 Å². The quantitative estimate of drug-likeness (QED) is 0.762. The van der Waals surface area contributed by atoms with Gasteiger partial charge in [-0.15, -0.1) is 0 Å². The first kappa shape index (κ1) is 12.2. The minimum Gasteiger partial charge on any atom is -0.447 e. The summed E-state index contributed by atoms with van der Waals surface area (Å²) in [5, 5.41) is 0. The lowest BCUT2D eigenvalue weighted by molar-refractivity contribution is -0.156. The van der Waals surface area contributed by atoms with Crippen LogP contribution in [0.1, 0.15) is 36.2 Å². The Morgan fingerprint density at radius 3 is 2.74 bits per heavy atom. The van der Waals surface area contributed by atoms with E-state index in [1.165, 1.54) is 0 Å². The minimum atomic E-state index is -0.583. The molecule has 0 aromatic heterocycles. The molecule has 0 N–H and O–H groups in total. The zero-order valence-electron chi connectivity index (χ0n) is 11.2. The highest BCUT2D eigenvalue weighted by molar-refractivity contribution is 5.95. The molecular weight excluding hydrogens is 242 g/mol. The zero-order chi connectivity index (χ0) is 13.6. The molecule has 4 heteroatoms. The van der Waals surface area contributed by atoms with Crippen LogP contribution in [0.2, 0.25) is 0 Å². The third-order valence-electron chi connectivity index (χ3n) is 3.75. The molecule has 1 fully saturated rings. The Bertz CT molecular complexity index is 544. The molecule has 0 aliphatic carbocycles. The van der Waals surface area contributed by atoms with Crippen LogP contribution in [0.5, 0.6) is 0 Å². The molecule has 1 aromatic carbocycles. The molecule has 4 nitrogen and oxygen atoms in total. The number of esters is 1. The van der Waals surface area contributed by atoms with Crippen molar-refractivity contribution in [2.45, 2.75) is 25.9 Å². The Hall–Kier alpha value is -1.84. The van der Waals surface area contributed by atoms with Gasteiger partial charge < -0.3 is 9.64 Å². The predicted octanol–water partition coefficient (Wildman–Crippen LogP) is 1.94. The number of hydrogen-bond donors (Lipinski definition) is 0. The van der Waals surface area contributed by atoms with Gasteiger partial charge in [0.25, 0.3) is 0 Å². The number of amides is 1. The van der Waals surface area contributed by atoms with E-state index >= 15 is 0 Å². The third-order valence-corrected chi connectivity index (χ3v) is 3.75. The van der Waals surface area contributed by atoms with Crippen LogP contribution in [0.15, 0.2) is 24.3 Å². The first-order valence-electron chi connectivity index (χ1n) is 6.62. The summed E-state index contributed by atoms with van der Waals surface area (Å²) in [5.74, 6) is 0.218. The van der Waals surface area contributed by atoms with Crippen molar-refractivity contribution in [1.82, 2.24) is 4.90 Å². The van der Waals surface area contributed by atoms with E-state index in [9.17, 15) is 9.59 Å². The first-order chi connectivity index (χ1) is 9.02. The highest BCUT2D eigenvalue weighted by Gasteiger charge is 2.55. The average Bonchev–Trinajstić information content (AvgIpc) is 2.61. The standard InChI is InChI=1S/C15H17NO3/c1-10(2)7-13(17)16-8-15(9-16)12-6-4-3-5-11(12)14(18)19-15/h3-6,10H,7-9H2,1-2H3. The fourth-order valence-electron chi connectivity index (χ4n) is 2.81. The lowest BCUT2D eigenvalue weighted by atomic mass is 9.85. The number of benzene rings is 1. The van der Waals surface area contributed by atoms with Gasteiger partial charge in [-0.3, -0.25) is 4.79 Å². The zero-order valence-corrected chi connectivity index (χ0v) is 11.2. The molecule has 3 rings (SSSR count). The summed E-state index contributed by atoms with van der Waals surface area (Å²) in [7, 11) is 0. The van der Waals surface area contributed by atoms with Crippen LogP contribution in [-0.4, -0.2) is 29.9 Å². The summed E-state index contributed by atoms with van der Waals surface area (Å²) in [6.45, 7) is 5.03. The highest BCUT2D eigenvalue weighted by Crippen LogP contribution is 2.43. The Balaban J connectivity index is 1.77. The molecular formula is C15H17NO3. The van der Waals surface area contributed by atoms with Gasteiger partial charge in [0, 0.05) is 12.0 Å². The maximum Gasteiger partial charge on any atom is 0.339 e. The minimum absolute atomic E-state index is 0.140. The molecule has 2 aliphatic heterocycles. The first-order valence-corrected chi connectivity index (χ1v) is 6.62. The van der Waals surface area contributed by atoms with Crippen LogP contribution in [0.25, 0.3) is 0 Å². The molecule has 0 radical (unpaired) electrons. The maximum atomic E-state index is 12.0. The monoisotopic (exact) mass is 259 g/mol. The summed E-state index contributed by atoms with van der Waals surface area (Å²) in [4.78, 5) is 25.5. The van der Waals surface area contributed by atoms with Crippen molar-refractivity contribution in [2.24, 2.45) is 5.92 Å². The van der Waals surface area contributed by atoms with Gasteiger partial charge >= 0.3 is 5.97 Å². The smallest absolute Gasteiger partial charge is 0.339 e. The van der Waals surface area contributed by atoms with Crippen molar-refractivity contribution in [2.75, 3.05) is 13.1 Å². The summed E-state index contributed by atoms with van der Waals surface area (Å²) in [5.41, 5.74) is 0.979. The maximum absolute atomic E-state index is 12.0. The van der Waals surface area contributed by atoms with E-state index in [0.717, 1.165) is 5.56 Å². The predicted molar refractivity (Wildman–Crippen MR) is 69.6 cm³/mol. The topological polar surface area (TPSA) is 46.6 Å². The van der Waals surface area contributed by atoms with Gasteiger partial charge in [-0.2, -0.15) is 0 Å². The molecule has 1 spiro atoms. The van der Waals surface area contributed by atoms with E-state index in [-0.39, 0.29) is 11.9 Å². The average molecular weight is 259 g/mol. The summed E-state index contributed by atoms with van der Waals surface area (Å²) in [6, 6.07) is 7.44. The van der Waals surface area contributed by atoms with Gasteiger partial charge in [-0.05, 0) is 12.0 Å². The number of hydrogen-bond acceptors (Lipinski definition) is 3. The number of nitrogens with zero attached hydrogens (tertiary/aromatic N) is 1.